The summed E-state index contributed by atoms with van der Waals surface area (Å²) in [5.41, 5.74) is 1.05. The molecule has 3 nitrogen and oxygen atoms in total. The minimum Gasteiger partial charge on any atom is -0.480 e. The molecule has 0 fully saturated rings. The van der Waals surface area contributed by atoms with Gasteiger partial charge in [-0.15, -0.1) is 0 Å². The van der Waals surface area contributed by atoms with Crippen LogP contribution in [0.1, 0.15) is 25.3 Å². The van der Waals surface area contributed by atoms with Crippen molar-refractivity contribution in [1.29, 1.82) is 0 Å². The van der Waals surface area contributed by atoms with E-state index in [4.69, 9.17) is 5.11 Å². The predicted octanol–water partition coefficient (Wildman–Crippen LogP) is 2.80. The van der Waals surface area contributed by atoms with E-state index in [0.717, 1.165) is 6.42 Å². The van der Waals surface area contributed by atoms with E-state index in [1.807, 2.05) is 6.92 Å². The summed E-state index contributed by atoms with van der Waals surface area (Å²) in [4.78, 5) is 10.9. The molecule has 0 heterocycles. The Morgan fingerprint density at radius 3 is 2.75 bits per heavy atom. The second-order valence-corrected chi connectivity index (χ2v) is 3.79. The van der Waals surface area contributed by atoms with Gasteiger partial charge in [-0.2, -0.15) is 0 Å². The molecule has 0 aromatic heterocycles. The van der Waals surface area contributed by atoms with Crippen LogP contribution < -0.4 is 5.32 Å². The van der Waals surface area contributed by atoms with Crippen LogP contribution in [0.5, 0.6) is 0 Å². The fourth-order valence-corrected chi connectivity index (χ4v) is 1.43. The molecule has 0 aliphatic rings. The van der Waals surface area contributed by atoms with E-state index in [9.17, 15) is 9.18 Å². The van der Waals surface area contributed by atoms with Crippen LogP contribution in [0.15, 0.2) is 18.2 Å². The number of halogens is 1. The normalized spacial score (nSPS) is 12.2. The van der Waals surface area contributed by atoms with Crippen molar-refractivity contribution in [2.45, 2.75) is 32.7 Å². The number of carboxylic acid groups (broad SMARTS) is 1. The van der Waals surface area contributed by atoms with Crippen molar-refractivity contribution in [1.82, 2.24) is 0 Å². The van der Waals surface area contributed by atoms with Crippen molar-refractivity contribution < 1.29 is 14.3 Å². The van der Waals surface area contributed by atoms with Crippen molar-refractivity contribution in [3.8, 4) is 0 Å². The Hall–Kier alpha value is -1.58. The van der Waals surface area contributed by atoms with E-state index in [0.29, 0.717) is 17.7 Å². The third-order valence-corrected chi connectivity index (χ3v) is 2.39. The van der Waals surface area contributed by atoms with Gasteiger partial charge in [0.15, 0.2) is 0 Å². The molecule has 0 saturated carbocycles. The number of anilines is 1. The van der Waals surface area contributed by atoms with Crippen molar-refractivity contribution in [2.24, 2.45) is 0 Å². The first-order valence-corrected chi connectivity index (χ1v) is 5.30. The summed E-state index contributed by atoms with van der Waals surface area (Å²) < 4.78 is 13.2. The van der Waals surface area contributed by atoms with Crippen molar-refractivity contribution in [2.75, 3.05) is 5.32 Å². The molecule has 0 amide bonds. The van der Waals surface area contributed by atoms with Gasteiger partial charge in [0.1, 0.15) is 11.9 Å². The van der Waals surface area contributed by atoms with Crippen LogP contribution in [-0.2, 0) is 4.79 Å². The van der Waals surface area contributed by atoms with E-state index in [2.05, 4.69) is 5.32 Å². The average Bonchev–Trinajstić information content (AvgIpc) is 2.22. The first-order valence-electron chi connectivity index (χ1n) is 5.30. The molecule has 0 radical (unpaired) electrons. The number of rotatable bonds is 5. The van der Waals surface area contributed by atoms with Crippen LogP contribution in [0.2, 0.25) is 0 Å². The SMILES string of the molecule is CCCC(Nc1ccc(C)c(F)c1)C(=O)O. The smallest absolute Gasteiger partial charge is 0.326 e. The van der Waals surface area contributed by atoms with Crippen molar-refractivity contribution >= 4 is 11.7 Å². The molecule has 1 aromatic carbocycles. The zero-order chi connectivity index (χ0) is 12.1. The van der Waals surface area contributed by atoms with Gasteiger partial charge in [0.25, 0.3) is 0 Å². The second kappa shape index (κ2) is 5.49. The lowest BCUT2D eigenvalue weighted by Crippen LogP contribution is -2.28. The molecule has 0 spiro atoms. The minimum absolute atomic E-state index is 0.328. The minimum atomic E-state index is -0.914. The van der Waals surface area contributed by atoms with Crippen molar-refractivity contribution in [3.05, 3.63) is 29.6 Å². The summed E-state index contributed by atoms with van der Waals surface area (Å²) in [5, 5.41) is 11.7. The monoisotopic (exact) mass is 225 g/mol. The standard InChI is InChI=1S/C12H16FNO2/c1-3-4-11(12(15)16)14-9-6-5-8(2)10(13)7-9/h5-7,11,14H,3-4H2,1-2H3,(H,15,16). The fraction of sp³-hybridized carbons (Fsp3) is 0.417. The van der Waals surface area contributed by atoms with E-state index < -0.39 is 12.0 Å². The Labute approximate surface area is 94.3 Å². The summed E-state index contributed by atoms with van der Waals surface area (Å²) in [6, 6.07) is 3.97. The predicted molar refractivity (Wildman–Crippen MR) is 61.1 cm³/mol. The number of hydrogen-bond donors (Lipinski definition) is 2. The van der Waals surface area contributed by atoms with Crippen LogP contribution in [-0.4, -0.2) is 17.1 Å². The number of carboxylic acids is 1. The zero-order valence-electron chi connectivity index (χ0n) is 9.46. The first kappa shape index (κ1) is 12.5. The van der Waals surface area contributed by atoms with Gasteiger partial charge < -0.3 is 10.4 Å². The lowest BCUT2D eigenvalue weighted by molar-refractivity contribution is -0.138. The summed E-state index contributed by atoms with van der Waals surface area (Å²) in [6.07, 6.45) is 1.28. The van der Waals surface area contributed by atoms with Gasteiger partial charge in [-0.1, -0.05) is 19.4 Å². The molecule has 1 unspecified atom stereocenters. The molecule has 0 bridgehead atoms. The highest BCUT2D eigenvalue weighted by molar-refractivity contribution is 5.77. The Morgan fingerprint density at radius 1 is 1.56 bits per heavy atom. The molecule has 1 rings (SSSR count). The Balaban J connectivity index is 2.77. The third-order valence-electron chi connectivity index (χ3n) is 2.39. The highest BCUT2D eigenvalue weighted by Crippen LogP contribution is 2.15. The van der Waals surface area contributed by atoms with E-state index in [1.54, 1.807) is 19.1 Å². The zero-order valence-corrected chi connectivity index (χ0v) is 9.46. The Bertz CT molecular complexity index is 379. The van der Waals surface area contributed by atoms with Crippen molar-refractivity contribution in [3.63, 3.8) is 0 Å². The molecule has 0 aliphatic carbocycles. The Kier molecular flexibility index (Phi) is 4.28. The largest absolute Gasteiger partial charge is 0.480 e. The molecule has 16 heavy (non-hydrogen) atoms. The number of nitrogens with one attached hydrogen (secondary N) is 1. The van der Waals surface area contributed by atoms with Crippen LogP contribution in [0.25, 0.3) is 0 Å². The van der Waals surface area contributed by atoms with Crippen LogP contribution in [0, 0.1) is 12.7 Å². The van der Waals surface area contributed by atoms with Gasteiger partial charge in [-0.05, 0) is 31.0 Å². The van der Waals surface area contributed by atoms with Gasteiger partial charge in [-0.25, -0.2) is 9.18 Å². The molecule has 0 saturated heterocycles. The highest BCUT2D eigenvalue weighted by Gasteiger charge is 2.15. The topological polar surface area (TPSA) is 49.3 Å². The van der Waals surface area contributed by atoms with E-state index in [1.165, 1.54) is 6.07 Å². The molecule has 2 N–H and O–H groups in total. The van der Waals surface area contributed by atoms with Crippen LogP contribution in [0.3, 0.4) is 0 Å². The van der Waals surface area contributed by atoms with Crippen LogP contribution in [0.4, 0.5) is 10.1 Å². The molecular weight excluding hydrogens is 209 g/mol. The lowest BCUT2D eigenvalue weighted by atomic mass is 10.1. The second-order valence-electron chi connectivity index (χ2n) is 3.79. The van der Waals surface area contributed by atoms with Gasteiger partial charge in [0.2, 0.25) is 0 Å². The highest BCUT2D eigenvalue weighted by atomic mass is 19.1. The fourth-order valence-electron chi connectivity index (χ4n) is 1.43. The molecule has 4 heteroatoms. The molecule has 88 valence electrons. The number of aryl methyl sites for hydroxylation is 1. The number of hydrogen-bond acceptors (Lipinski definition) is 2. The maximum atomic E-state index is 13.2. The maximum Gasteiger partial charge on any atom is 0.326 e. The van der Waals surface area contributed by atoms with E-state index >= 15 is 0 Å². The maximum absolute atomic E-state index is 13.2. The quantitative estimate of drug-likeness (QED) is 0.810. The van der Waals surface area contributed by atoms with Gasteiger partial charge in [0, 0.05) is 5.69 Å². The van der Waals surface area contributed by atoms with Gasteiger partial charge in [0.05, 0.1) is 0 Å². The number of benzene rings is 1. The van der Waals surface area contributed by atoms with Gasteiger partial charge >= 0.3 is 5.97 Å². The third kappa shape index (κ3) is 3.22. The van der Waals surface area contributed by atoms with E-state index in [-0.39, 0.29) is 5.82 Å². The number of carbonyl (C=O) groups is 1. The summed E-state index contributed by atoms with van der Waals surface area (Å²) >= 11 is 0. The lowest BCUT2D eigenvalue weighted by Gasteiger charge is -2.15. The first-order chi connectivity index (χ1) is 7.54. The molecule has 1 aromatic rings. The summed E-state index contributed by atoms with van der Waals surface area (Å²) in [7, 11) is 0. The van der Waals surface area contributed by atoms with Gasteiger partial charge in [-0.3, -0.25) is 0 Å². The molecule has 1 atom stereocenters. The number of aliphatic carboxylic acids is 1. The summed E-state index contributed by atoms with van der Waals surface area (Å²) in [6.45, 7) is 3.58. The molecular formula is C12H16FNO2. The summed E-state index contributed by atoms with van der Waals surface area (Å²) in [5.74, 6) is -1.24. The average molecular weight is 225 g/mol. The van der Waals surface area contributed by atoms with Crippen LogP contribution >= 0.6 is 0 Å². The molecule has 0 aliphatic heterocycles. The Morgan fingerprint density at radius 2 is 2.25 bits per heavy atom.